The Kier molecular flexibility index (Phi) is 4.62. The molecule has 3 rings (SSSR count). The zero-order chi connectivity index (χ0) is 16.4. The van der Waals surface area contributed by atoms with Crippen LogP contribution in [0.25, 0.3) is 10.8 Å². The molecule has 0 saturated heterocycles. The van der Waals surface area contributed by atoms with Crippen molar-refractivity contribution in [2.45, 2.75) is 44.7 Å². The Balaban J connectivity index is 1.73. The van der Waals surface area contributed by atoms with E-state index in [2.05, 4.69) is 12.2 Å². The Bertz CT molecular complexity index is 708. The molecule has 0 bridgehead atoms. The van der Waals surface area contributed by atoms with Crippen LogP contribution in [0.3, 0.4) is 0 Å². The number of hydrogen-bond acceptors (Lipinski definition) is 2. The lowest BCUT2D eigenvalue weighted by molar-refractivity contribution is -0.142. The number of halogens is 1. The van der Waals surface area contributed by atoms with Gasteiger partial charge in [0.25, 0.3) is 0 Å². The van der Waals surface area contributed by atoms with Gasteiger partial charge in [0, 0.05) is 17.5 Å². The van der Waals surface area contributed by atoms with E-state index in [4.69, 9.17) is 5.11 Å². The average Bonchev–Trinajstić information content (AvgIpc) is 2.56. The highest BCUT2D eigenvalue weighted by Crippen LogP contribution is 2.29. The predicted octanol–water partition coefficient (Wildman–Crippen LogP) is 4.27. The van der Waals surface area contributed by atoms with Crippen molar-refractivity contribution in [1.82, 2.24) is 5.32 Å². The van der Waals surface area contributed by atoms with Crippen LogP contribution in [0.5, 0.6) is 0 Å². The lowest BCUT2D eigenvalue weighted by Crippen LogP contribution is -2.36. The van der Waals surface area contributed by atoms with Crippen LogP contribution in [0.4, 0.5) is 4.39 Å². The second-order valence-corrected chi connectivity index (χ2v) is 6.46. The van der Waals surface area contributed by atoms with Gasteiger partial charge in [0.05, 0.1) is 5.92 Å². The summed E-state index contributed by atoms with van der Waals surface area (Å²) in [6.45, 7) is 2.09. The van der Waals surface area contributed by atoms with Crippen LogP contribution in [-0.2, 0) is 4.79 Å². The summed E-state index contributed by atoms with van der Waals surface area (Å²) in [6, 6.07) is 11.3. The maximum atomic E-state index is 13.9. The van der Waals surface area contributed by atoms with Gasteiger partial charge < -0.3 is 10.4 Å². The molecule has 0 aliphatic heterocycles. The minimum absolute atomic E-state index is 0.104. The lowest BCUT2D eigenvalue weighted by Gasteiger charge is -2.30. The summed E-state index contributed by atoms with van der Waals surface area (Å²) in [5, 5.41) is 14.2. The minimum Gasteiger partial charge on any atom is -0.481 e. The fraction of sp³-hybridized carbons (Fsp3) is 0.421. The van der Waals surface area contributed by atoms with Gasteiger partial charge in [-0.05, 0) is 49.6 Å². The monoisotopic (exact) mass is 315 g/mol. The van der Waals surface area contributed by atoms with Gasteiger partial charge in [0.1, 0.15) is 5.82 Å². The van der Waals surface area contributed by atoms with Crippen molar-refractivity contribution in [3.8, 4) is 0 Å². The van der Waals surface area contributed by atoms with E-state index in [1.807, 2.05) is 24.3 Å². The smallest absolute Gasteiger partial charge is 0.306 e. The van der Waals surface area contributed by atoms with Crippen LogP contribution >= 0.6 is 0 Å². The molecule has 1 atom stereocenters. The van der Waals surface area contributed by atoms with Crippen molar-refractivity contribution in [1.29, 1.82) is 0 Å². The number of fused-ring (bicyclic) bond motifs is 1. The first-order valence-corrected chi connectivity index (χ1v) is 8.22. The number of hydrogen-bond donors (Lipinski definition) is 2. The molecule has 2 aromatic rings. The standard InChI is InChI=1S/C19H22FNO2/c1-12(21-14-8-6-13(7-9-14)19(22)23)15-10-11-18(20)17-5-3-2-4-16(15)17/h2-5,10-14,21H,6-9H2,1H3,(H,22,23). The zero-order valence-electron chi connectivity index (χ0n) is 13.3. The summed E-state index contributed by atoms with van der Waals surface area (Å²) in [5.41, 5.74) is 1.09. The fourth-order valence-corrected chi connectivity index (χ4v) is 3.61. The second kappa shape index (κ2) is 6.67. The van der Waals surface area contributed by atoms with Gasteiger partial charge in [0.15, 0.2) is 0 Å². The molecule has 2 aromatic carbocycles. The van der Waals surface area contributed by atoms with E-state index in [1.54, 1.807) is 6.07 Å². The number of nitrogens with one attached hydrogen (secondary N) is 1. The summed E-state index contributed by atoms with van der Waals surface area (Å²) >= 11 is 0. The number of aliphatic carboxylic acids is 1. The molecule has 0 radical (unpaired) electrons. The van der Waals surface area contributed by atoms with E-state index < -0.39 is 5.97 Å². The molecule has 1 saturated carbocycles. The predicted molar refractivity (Wildman–Crippen MR) is 88.8 cm³/mol. The average molecular weight is 315 g/mol. The Morgan fingerprint density at radius 1 is 1.13 bits per heavy atom. The summed E-state index contributed by atoms with van der Waals surface area (Å²) in [7, 11) is 0. The largest absolute Gasteiger partial charge is 0.481 e. The van der Waals surface area contributed by atoms with Crippen molar-refractivity contribution in [2.75, 3.05) is 0 Å². The molecule has 0 spiro atoms. The Morgan fingerprint density at radius 3 is 2.43 bits per heavy atom. The molecule has 1 unspecified atom stereocenters. The molecule has 0 amide bonds. The van der Waals surface area contributed by atoms with Crippen molar-refractivity contribution in [3.05, 3.63) is 47.8 Å². The summed E-state index contributed by atoms with van der Waals surface area (Å²) < 4.78 is 13.9. The van der Waals surface area contributed by atoms with E-state index in [9.17, 15) is 9.18 Å². The maximum Gasteiger partial charge on any atom is 0.306 e. The number of rotatable bonds is 4. The van der Waals surface area contributed by atoms with E-state index in [-0.39, 0.29) is 17.8 Å². The first-order chi connectivity index (χ1) is 11.1. The molecule has 1 fully saturated rings. The van der Waals surface area contributed by atoms with E-state index in [0.717, 1.165) is 36.6 Å². The number of carboxylic acids is 1. The number of carbonyl (C=O) groups is 1. The molecule has 4 heteroatoms. The fourth-order valence-electron chi connectivity index (χ4n) is 3.61. The van der Waals surface area contributed by atoms with Gasteiger partial charge in [-0.25, -0.2) is 4.39 Å². The van der Waals surface area contributed by atoms with E-state index in [0.29, 0.717) is 11.4 Å². The first kappa shape index (κ1) is 15.9. The normalized spacial score (nSPS) is 22.9. The summed E-state index contributed by atoms with van der Waals surface area (Å²) in [4.78, 5) is 11.0. The van der Waals surface area contributed by atoms with Gasteiger partial charge in [-0.15, -0.1) is 0 Å². The SMILES string of the molecule is CC(NC1CCC(C(=O)O)CC1)c1ccc(F)c2ccccc12. The zero-order valence-corrected chi connectivity index (χ0v) is 13.3. The number of carboxylic acid groups (broad SMARTS) is 1. The van der Waals surface area contributed by atoms with Gasteiger partial charge >= 0.3 is 5.97 Å². The highest BCUT2D eigenvalue weighted by atomic mass is 19.1. The summed E-state index contributed by atoms with van der Waals surface area (Å²) in [5.74, 6) is -1.07. The third-order valence-corrected chi connectivity index (χ3v) is 4.93. The molecule has 2 N–H and O–H groups in total. The van der Waals surface area contributed by atoms with Crippen LogP contribution < -0.4 is 5.32 Å². The van der Waals surface area contributed by atoms with Crippen LogP contribution in [-0.4, -0.2) is 17.1 Å². The minimum atomic E-state index is -0.680. The van der Waals surface area contributed by atoms with Crippen molar-refractivity contribution in [2.24, 2.45) is 5.92 Å². The Labute approximate surface area is 135 Å². The van der Waals surface area contributed by atoms with Crippen LogP contribution in [0, 0.1) is 11.7 Å². The number of benzene rings is 2. The van der Waals surface area contributed by atoms with Crippen LogP contribution in [0.1, 0.15) is 44.2 Å². The van der Waals surface area contributed by atoms with Gasteiger partial charge in [-0.2, -0.15) is 0 Å². The molecular formula is C19H22FNO2. The third-order valence-electron chi connectivity index (χ3n) is 4.93. The van der Waals surface area contributed by atoms with Crippen LogP contribution in [0.2, 0.25) is 0 Å². The molecule has 23 heavy (non-hydrogen) atoms. The third kappa shape index (κ3) is 3.37. The molecule has 122 valence electrons. The van der Waals surface area contributed by atoms with Crippen molar-refractivity contribution < 1.29 is 14.3 Å². The second-order valence-electron chi connectivity index (χ2n) is 6.46. The van der Waals surface area contributed by atoms with Gasteiger partial charge in [-0.1, -0.05) is 30.3 Å². The quantitative estimate of drug-likeness (QED) is 0.885. The van der Waals surface area contributed by atoms with E-state index in [1.165, 1.54) is 6.07 Å². The van der Waals surface area contributed by atoms with Crippen molar-refractivity contribution >= 4 is 16.7 Å². The topological polar surface area (TPSA) is 49.3 Å². The highest BCUT2D eigenvalue weighted by molar-refractivity contribution is 5.86. The van der Waals surface area contributed by atoms with Crippen LogP contribution in [0.15, 0.2) is 36.4 Å². The van der Waals surface area contributed by atoms with Gasteiger partial charge in [-0.3, -0.25) is 4.79 Å². The maximum absolute atomic E-state index is 13.9. The summed E-state index contributed by atoms with van der Waals surface area (Å²) in [6.07, 6.45) is 3.20. The van der Waals surface area contributed by atoms with Gasteiger partial charge in [0.2, 0.25) is 0 Å². The Morgan fingerprint density at radius 2 is 1.78 bits per heavy atom. The van der Waals surface area contributed by atoms with E-state index >= 15 is 0 Å². The molecule has 0 aromatic heterocycles. The molecule has 0 heterocycles. The molecule has 1 aliphatic carbocycles. The lowest BCUT2D eigenvalue weighted by atomic mass is 9.85. The van der Waals surface area contributed by atoms with Crippen molar-refractivity contribution in [3.63, 3.8) is 0 Å². The Hall–Kier alpha value is -1.94. The molecular weight excluding hydrogens is 293 g/mol. The molecule has 3 nitrogen and oxygen atoms in total. The highest BCUT2D eigenvalue weighted by Gasteiger charge is 2.26. The molecule has 1 aliphatic rings. The first-order valence-electron chi connectivity index (χ1n) is 8.22.